The van der Waals surface area contributed by atoms with Gasteiger partial charge in [-0.3, -0.25) is 4.79 Å². The minimum Gasteiger partial charge on any atom is -0.381 e. The van der Waals surface area contributed by atoms with Gasteiger partial charge >= 0.3 is 0 Å². The highest BCUT2D eigenvalue weighted by atomic mass is 79.9. The van der Waals surface area contributed by atoms with Crippen LogP contribution in [0.15, 0.2) is 35.3 Å². The number of nitrogens with zero attached hydrogens (tertiary/aromatic N) is 4. The predicted molar refractivity (Wildman–Crippen MR) is 82.1 cm³/mol. The second kappa shape index (κ2) is 5.49. The van der Waals surface area contributed by atoms with Crippen LogP contribution < -0.4 is 11.1 Å². The topological polar surface area (TPSA) is 98.2 Å². The van der Waals surface area contributed by atoms with Crippen molar-refractivity contribution in [1.82, 2.24) is 19.6 Å². The van der Waals surface area contributed by atoms with Crippen LogP contribution in [0.1, 0.15) is 15.9 Å². The van der Waals surface area contributed by atoms with Gasteiger partial charge in [-0.05, 0) is 33.6 Å². The number of hydrogen-bond donors (Lipinski definition) is 2. The first kappa shape index (κ1) is 13.5. The molecule has 21 heavy (non-hydrogen) atoms. The number of pyridine rings is 1. The van der Waals surface area contributed by atoms with Gasteiger partial charge in [-0.2, -0.15) is 5.10 Å². The number of aromatic nitrogens is 4. The Kier molecular flexibility index (Phi) is 3.53. The van der Waals surface area contributed by atoms with E-state index in [1.807, 2.05) is 12.1 Å². The normalized spacial score (nSPS) is 10.7. The molecule has 0 aliphatic heterocycles. The molecule has 0 atom stereocenters. The summed E-state index contributed by atoms with van der Waals surface area (Å²) in [5, 5.41) is 7.21. The fourth-order valence-corrected chi connectivity index (χ4v) is 2.22. The molecule has 0 aliphatic carbocycles. The van der Waals surface area contributed by atoms with Gasteiger partial charge in [0.05, 0.1) is 23.5 Å². The van der Waals surface area contributed by atoms with Crippen molar-refractivity contribution in [2.24, 2.45) is 0 Å². The van der Waals surface area contributed by atoms with Crippen LogP contribution >= 0.6 is 15.9 Å². The van der Waals surface area contributed by atoms with Crippen molar-refractivity contribution in [2.75, 3.05) is 11.1 Å². The van der Waals surface area contributed by atoms with Crippen LogP contribution in [0.25, 0.3) is 5.52 Å². The number of nitrogens with two attached hydrogens (primary N) is 1. The molecule has 3 aromatic heterocycles. The fourth-order valence-electron chi connectivity index (χ4n) is 1.94. The summed E-state index contributed by atoms with van der Waals surface area (Å²) < 4.78 is 2.26. The van der Waals surface area contributed by atoms with E-state index in [4.69, 9.17) is 5.73 Å². The Balaban J connectivity index is 1.84. The minimum atomic E-state index is 0.331. The van der Waals surface area contributed by atoms with Gasteiger partial charge in [0.25, 0.3) is 0 Å². The molecule has 106 valence electrons. The monoisotopic (exact) mass is 346 g/mol. The van der Waals surface area contributed by atoms with Gasteiger partial charge in [-0.25, -0.2) is 14.5 Å². The van der Waals surface area contributed by atoms with Gasteiger partial charge in [0.1, 0.15) is 4.60 Å². The predicted octanol–water partition coefficient (Wildman–Crippen LogP) is 1.89. The van der Waals surface area contributed by atoms with Crippen LogP contribution in [-0.2, 0) is 6.54 Å². The van der Waals surface area contributed by atoms with Crippen molar-refractivity contribution in [3.8, 4) is 0 Å². The average Bonchev–Trinajstić information content (AvgIpc) is 2.90. The highest BCUT2D eigenvalue weighted by molar-refractivity contribution is 9.10. The molecule has 0 amide bonds. The van der Waals surface area contributed by atoms with Crippen LogP contribution in [-0.4, -0.2) is 25.9 Å². The third-order valence-corrected chi connectivity index (χ3v) is 3.36. The van der Waals surface area contributed by atoms with Crippen LogP contribution in [0.2, 0.25) is 0 Å². The second-order valence-electron chi connectivity index (χ2n) is 4.36. The van der Waals surface area contributed by atoms with Crippen LogP contribution in [0, 0.1) is 0 Å². The number of halogens is 1. The lowest BCUT2D eigenvalue weighted by molar-refractivity contribution is 0.112. The van der Waals surface area contributed by atoms with Gasteiger partial charge < -0.3 is 11.1 Å². The standard InChI is InChI=1S/C13H11BrN6O/c14-11-6-16-12(15)13(19-11)17-4-8-1-2-20-10(3-8)9(7-21)5-18-20/h1-3,5-7H,4H2,(H2,15,16)(H,17,19). The van der Waals surface area contributed by atoms with E-state index in [0.717, 1.165) is 17.4 Å². The van der Waals surface area contributed by atoms with Crippen LogP contribution in [0.3, 0.4) is 0 Å². The molecule has 0 fully saturated rings. The Morgan fingerprint density at radius 2 is 2.29 bits per heavy atom. The molecular formula is C13H11BrN6O. The quantitative estimate of drug-likeness (QED) is 0.700. The summed E-state index contributed by atoms with van der Waals surface area (Å²) in [6.07, 6.45) is 5.67. The molecule has 3 rings (SSSR count). The molecule has 3 aromatic rings. The first-order chi connectivity index (χ1) is 10.2. The first-order valence-electron chi connectivity index (χ1n) is 6.10. The molecule has 0 saturated carbocycles. The Hall–Kier alpha value is -2.48. The maximum Gasteiger partial charge on any atom is 0.170 e. The fraction of sp³-hybridized carbons (Fsp3) is 0.0769. The Labute approximate surface area is 128 Å². The van der Waals surface area contributed by atoms with E-state index in [1.165, 1.54) is 12.4 Å². The summed E-state index contributed by atoms with van der Waals surface area (Å²) in [7, 11) is 0. The first-order valence-corrected chi connectivity index (χ1v) is 6.90. The molecule has 0 saturated heterocycles. The highest BCUT2D eigenvalue weighted by Crippen LogP contribution is 2.17. The van der Waals surface area contributed by atoms with Gasteiger partial charge in [0.2, 0.25) is 0 Å². The van der Waals surface area contributed by atoms with Gasteiger partial charge in [0.15, 0.2) is 17.9 Å². The number of aldehydes is 1. The summed E-state index contributed by atoms with van der Waals surface area (Å²) in [6, 6.07) is 3.80. The Bertz CT molecular complexity index is 816. The summed E-state index contributed by atoms with van der Waals surface area (Å²) in [6.45, 7) is 0.509. The van der Waals surface area contributed by atoms with Gasteiger partial charge in [0, 0.05) is 12.7 Å². The lowest BCUT2D eigenvalue weighted by Crippen LogP contribution is -2.06. The molecule has 0 aliphatic rings. The molecule has 8 heteroatoms. The van der Waals surface area contributed by atoms with E-state index in [9.17, 15) is 4.79 Å². The zero-order valence-corrected chi connectivity index (χ0v) is 12.4. The van der Waals surface area contributed by atoms with Crippen molar-refractivity contribution >= 4 is 39.4 Å². The van der Waals surface area contributed by atoms with Crippen LogP contribution in [0.5, 0.6) is 0 Å². The van der Waals surface area contributed by atoms with Crippen molar-refractivity contribution in [2.45, 2.75) is 6.54 Å². The van der Waals surface area contributed by atoms with E-state index in [0.29, 0.717) is 28.3 Å². The number of hydrogen-bond acceptors (Lipinski definition) is 6. The number of carbonyl (C=O) groups is 1. The lowest BCUT2D eigenvalue weighted by Gasteiger charge is -2.08. The van der Waals surface area contributed by atoms with Crippen molar-refractivity contribution in [1.29, 1.82) is 0 Å². The van der Waals surface area contributed by atoms with Crippen molar-refractivity contribution in [3.05, 3.63) is 46.5 Å². The number of carbonyl (C=O) groups excluding carboxylic acids is 1. The zero-order valence-electron chi connectivity index (χ0n) is 10.8. The number of fused-ring (bicyclic) bond motifs is 1. The number of rotatable bonds is 4. The van der Waals surface area contributed by atoms with Crippen molar-refractivity contribution in [3.63, 3.8) is 0 Å². The highest BCUT2D eigenvalue weighted by Gasteiger charge is 2.06. The van der Waals surface area contributed by atoms with E-state index >= 15 is 0 Å². The molecule has 0 aromatic carbocycles. The smallest absolute Gasteiger partial charge is 0.170 e. The van der Waals surface area contributed by atoms with E-state index in [-0.39, 0.29) is 0 Å². The minimum absolute atomic E-state index is 0.331. The van der Waals surface area contributed by atoms with Crippen LogP contribution in [0.4, 0.5) is 11.6 Å². The molecule has 0 spiro atoms. The SMILES string of the molecule is Nc1ncc(Br)nc1NCc1ccn2ncc(C=O)c2c1. The molecular weight excluding hydrogens is 336 g/mol. The summed E-state index contributed by atoms with van der Waals surface area (Å²) in [5.74, 6) is 0.838. The Morgan fingerprint density at radius 1 is 1.43 bits per heavy atom. The zero-order chi connectivity index (χ0) is 14.8. The molecule has 0 radical (unpaired) electrons. The van der Waals surface area contributed by atoms with Gasteiger partial charge in [-0.15, -0.1) is 0 Å². The summed E-state index contributed by atoms with van der Waals surface area (Å²) in [4.78, 5) is 19.2. The van der Waals surface area contributed by atoms with Crippen molar-refractivity contribution < 1.29 is 4.79 Å². The van der Waals surface area contributed by atoms with E-state index < -0.39 is 0 Å². The summed E-state index contributed by atoms with van der Waals surface area (Å²) in [5.41, 5.74) is 8.05. The molecule has 0 unspecified atom stereocenters. The molecule has 3 heterocycles. The van der Waals surface area contributed by atoms with Gasteiger partial charge in [-0.1, -0.05) is 0 Å². The number of nitrogen functional groups attached to an aromatic ring is 1. The maximum absolute atomic E-state index is 10.9. The number of nitrogens with one attached hydrogen (secondary N) is 1. The molecule has 3 N–H and O–H groups in total. The largest absolute Gasteiger partial charge is 0.381 e. The summed E-state index contributed by atoms with van der Waals surface area (Å²) >= 11 is 3.25. The lowest BCUT2D eigenvalue weighted by atomic mass is 10.2. The molecule has 7 nitrogen and oxygen atoms in total. The third-order valence-electron chi connectivity index (χ3n) is 2.97. The average molecular weight is 347 g/mol. The second-order valence-corrected chi connectivity index (χ2v) is 5.18. The molecule has 0 bridgehead atoms. The number of anilines is 2. The van der Waals surface area contributed by atoms with E-state index in [1.54, 1.807) is 10.7 Å². The maximum atomic E-state index is 10.9. The van der Waals surface area contributed by atoms with E-state index in [2.05, 4.69) is 36.3 Å². The Morgan fingerprint density at radius 3 is 3.10 bits per heavy atom. The third kappa shape index (κ3) is 2.70.